The van der Waals surface area contributed by atoms with Gasteiger partial charge in [-0.2, -0.15) is 5.26 Å². The molecule has 1 aromatic heterocycles. The van der Waals surface area contributed by atoms with Crippen LogP contribution in [0, 0.1) is 11.3 Å². The fourth-order valence-corrected chi connectivity index (χ4v) is 6.03. The molecule has 0 saturated carbocycles. The van der Waals surface area contributed by atoms with Gasteiger partial charge >= 0.3 is 0 Å². The summed E-state index contributed by atoms with van der Waals surface area (Å²) in [6.07, 6.45) is 0. The summed E-state index contributed by atoms with van der Waals surface area (Å²) in [7, 11) is 0. The smallest absolute Gasteiger partial charge is 0.164 e. The Balaban J connectivity index is 1.19. The lowest BCUT2D eigenvalue weighted by Gasteiger charge is -2.13. The molecule has 0 fully saturated rings. The van der Waals surface area contributed by atoms with E-state index in [1.807, 2.05) is 78.9 Å². The van der Waals surface area contributed by atoms with Gasteiger partial charge in [0.25, 0.3) is 0 Å². The van der Waals surface area contributed by atoms with Crippen molar-refractivity contribution in [3.05, 3.63) is 163 Å². The molecule has 1 heterocycles. The van der Waals surface area contributed by atoms with E-state index in [-0.39, 0.29) is 0 Å². The highest BCUT2D eigenvalue weighted by Gasteiger charge is 2.14. The third kappa shape index (κ3) is 5.06. The summed E-state index contributed by atoms with van der Waals surface area (Å²) in [5.74, 6) is 1.93. The zero-order valence-corrected chi connectivity index (χ0v) is 24.8. The minimum Gasteiger partial charge on any atom is -0.208 e. The number of benzene rings is 7. The number of fused-ring (bicyclic) bond motifs is 2. The number of aromatic nitrogens is 3. The molecular formula is C42H26N4. The molecule has 8 rings (SSSR count). The lowest BCUT2D eigenvalue weighted by atomic mass is 9.92. The van der Waals surface area contributed by atoms with Crippen LogP contribution in [0.15, 0.2) is 158 Å². The summed E-state index contributed by atoms with van der Waals surface area (Å²) in [5, 5.41) is 13.9. The average Bonchev–Trinajstić information content (AvgIpc) is 3.14. The largest absolute Gasteiger partial charge is 0.208 e. The van der Waals surface area contributed by atoms with Crippen molar-refractivity contribution in [2.45, 2.75) is 0 Å². The van der Waals surface area contributed by atoms with Crippen LogP contribution >= 0.6 is 0 Å². The molecule has 46 heavy (non-hydrogen) atoms. The second kappa shape index (κ2) is 11.6. The van der Waals surface area contributed by atoms with Gasteiger partial charge in [-0.05, 0) is 62.0 Å². The molecule has 0 unspecified atom stereocenters. The number of hydrogen-bond acceptors (Lipinski definition) is 4. The lowest BCUT2D eigenvalue weighted by molar-refractivity contribution is 1.07. The Morgan fingerprint density at radius 2 is 0.848 bits per heavy atom. The number of rotatable bonds is 5. The fraction of sp³-hybridized carbons (Fsp3) is 0. The Hall–Kier alpha value is -6.44. The summed E-state index contributed by atoms with van der Waals surface area (Å²) < 4.78 is 0. The number of nitrogens with zero attached hydrogens (tertiary/aromatic N) is 4. The van der Waals surface area contributed by atoms with Gasteiger partial charge in [0.1, 0.15) is 0 Å². The first kappa shape index (κ1) is 27.1. The van der Waals surface area contributed by atoms with E-state index < -0.39 is 0 Å². The molecule has 214 valence electrons. The van der Waals surface area contributed by atoms with Crippen molar-refractivity contribution in [1.29, 1.82) is 5.26 Å². The van der Waals surface area contributed by atoms with Gasteiger partial charge < -0.3 is 0 Å². The molecule has 8 aromatic rings. The molecule has 4 heteroatoms. The first-order valence-electron chi connectivity index (χ1n) is 15.2. The normalized spacial score (nSPS) is 11.0. The molecule has 0 atom stereocenters. The molecule has 0 N–H and O–H groups in total. The quantitative estimate of drug-likeness (QED) is 0.201. The van der Waals surface area contributed by atoms with E-state index in [0.29, 0.717) is 23.0 Å². The van der Waals surface area contributed by atoms with Crippen molar-refractivity contribution >= 4 is 21.5 Å². The number of hydrogen-bond donors (Lipinski definition) is 0. The molecule has 4 nitrogen and oxygen atoms in total. The first-order valence-corrected chi connectivity index (χ1v) is 15.2. The van der Waals surface area contributed by atoms with Gasteiger partial charge in [0.15, 0.2) is 17.5 Å². The standard InChI is InChI=1S/C42H26N4/c43-27-28-17-18-29-19-24-34(26-35(29)25-28)37-14-8-15-38-36(13-7-16-39(37)38)30-20-22-33(23-21-30)42-45-40(31-9-3-1-4-10-31)44-41(46-42)32-11-5-2-6-12-32/h1-26H. The topological polar surface area (TPSA) is 62.5 Å². The second-order valence-electron chi connectivity index (χ2n) is 11.2. The van der Waals surface area contributed by atoms with E-state index in [4.69, 9.17) is 15.0 Å². The van der Waals surface area contributed by atoms with E-state index in [2.05, 4.69) is 84.9 Å². The van der Waals surface area contributed by atoms with Gasteiger partial charge in [0.05, 0.1) is 11.6 Å². The molecule has 0 bridgehead atoms. The van der Waals surface area contributed by atoms with Crippen LogP contribution in [-0.2, 0) is 0 Å². The van der Waals surface area contributed by atoms with Gasteiger partial charge in [0.2, 0.25) is 0 Å². The van der Waals surface area contributed by atoms with Crippen molar-refractivity contribution in [2.24, 2.45) is 0 Å². The molecule has 7 aromatic carbocycles. The van der Waals surface area contributed by atoms with E-state index in [1.54, 1.807) is 0 Å². The summed E-state index contributed by atoms with van der Waals surface area (Å²) in [6, 6.07) is 56.0. The van der Waals surface area contributed by atoms with Gasteiger partial charge in [-0.1, -0.05) is 140 Å². The monoisotopic (exact) mass is 586 g/mol. The highest BCUT2D eigenvalue weighted by Crippen LogP contribution is 2.36. The van der Waals surface area contributed by atoms with E-state index >= 15 is 0 Å². The molecule has 0 aliphatic heterocycles. The SMILES string of the molecule is N#Cc1ccc2ccc(-c3cccc4c(-c5ccc(-c6nc(-c7ccccc7)nc(-c7ccccc7)n6)cc5)cccc34)cc2c1. The summed E-state index contributed by atoms with van der Waals surface area (Å²) in [5.41, 5.74) is 8.04. The third-order valence-electron chi connectivity index (χ3n) is 8.36. The Morgan fingerprint density at radius 1 is 0.370 bits per heavy atom. The number of nitriles is 1. The zero-order valence-electron chi connectivity index (χ0n) is 24.8. The molecule has 0 aliphatic rings. The van der Waals surface area contributed by atoms with Crippen molar-refractivity contribution in [2.75, 3.05) is 0 Å². The Kier molecular flexibility index (Phi) is 6.83. The van der Waals surface area contributed by atoms with Crippen LogP contribution < -0.4 is 0 Å². The Bertz CT molecular complexity index is 2350. The maximum Gasteiger partial charge on any atom is 0.164 e. The summed E-state index contributed by atoms with van der Waals surface area (Å²) in [6.45, 7) is 0. The van der Waals surface area contributed by atoms with E-state index in [9.17, 15) is 5.26 Å². The Labute approximate surface area is 266 Å². The molecule has 0 saturated heterocycles. The van der Waals surface area contributed by atoms with Gasteiger partial charge in [-0.25, -0.2) is 15.0 Å². The fourth-order valence-electron chi connectivity index (χ4n) is 6.03. The molecular weight excluding hydrogens is 560 g/mol. The Morgan fingerprint density at radius 3 is 1.41 bits per heavy atom. The predicted molar refractivity (Wildman–Crippen MR) is 187 cm³/mol. The van der Waals surface area contributed by atoms with Crippen molar-refractivity contribution < 1.29 is 0 Å². The summed E-state index contributed by atoms with van der Waals surface area (Å²) >= 11 is 0. The zero-order chi connectivity index (χ0) is 30.9. The highest BCUT2D eigenvalue weighted by atomic mass is 15.0. The molecule has 0 aliphatic carbocycles. The first-order chi connectivity index (χ1) is 22.7. The molecule has 0 spiro atoms. The summed E-state index contributed by atoms with van der Waals surface area (Å²) in [4.78, 5) is 14.6. The van der Waals surface area contributed by atoms with Crippen molar-refractivity contribution in [1.82, 2.24) is 15.0 Å². The van der Waals surface area contributed by atoms with Crippen molar-refractivity contribution in [3.63, 3.8) is 0 Å². The van der Waals surface area contributed by atoms with Crippen LogP contribution in [0.4, 0.5) is 0 Å². The lowest BCUT2D eigenvalue weighted by Crippen LogP contribution is -2.00. The molecule has 0 radical (unpaired) electrons. The molecule has 0 amide bonds. The average molecular weight is 587 g/mol. The van der Waals surface area contributed by atoms with Crippen molar-refractivity contribution in [3.8, 4) is 62.5 Å². The van der Waals surface area contributed by atoms with Crippen LogP contribution in [0.2, 0.25) is 0 Å². The minimum absolute atomic E-state index is 0.635. The van der Waals surface area contributed by atoms with Gasteiger partial charge in [-0.3, -0.25) is 0 Å². The van der Waals surface area contributed by atoms with Crippen LogP contribution in [0.3, 0.4) is 0 Å². The van der Waals surface area contributed by atoms with Gasteiger partial charge in [-0.15, -0.1) is 0 Å². The predicted octanol–water partition coefficient (Wildman–Crippen LogP) is 10.4. The second-order valence-corrected chi connectivity index (χ2v) is 11.2. The third-order valence-corrected chi connectivity index (χ3v) is 8.36. The van der Waals surface area contributed by atoms with E-state index in [0.717, 1.165) is 49.7 Å². The van der Waals surface area contributed by atoms with Gasteiger partial charge in [0, 0.05) is 16.7 Å². The van der Waals surface area contributed by atoms with Crippen LogP contribution in [-0.4, -0.2) is 15.0 Å². The minimum atomic E-state index is 0.635. The van der Waals surface area contributed by atoms with Crippen LogP contribution in [0.1, 0.15) is 5.56 Å². The maximum absolute atomic E-state index is 9.40. The van der Waals surface area contributed by atoms with E-state index in [1.165, 1.54) is 10.8 Å². The van der Waals surface area contributed by atoms with Crippen LogP contribution in [0.25, 0.3) is 78.0 Å². The highest BCUT2D eigenvalue weighted by molar-refractivity contribution is 6.05. The maximum atomic E-state index is 9.40. The van der Waals surface area contributed by atoms with Crippen LogP contribution in [0.5, 0.6) is 0 Å².